The zero-order chi connectivity index (χ0) is 24.8. The number of nitriles is 1. The Morgan fingerprint density at radius 1 is 1.03 bits per heavy atom. The van der Waals surface area contributed by atoms with E-state index in [1.807, 2.05) is 0 Å². The van der Waals surface area contributed by atoms with Crippen molar-refractivity contribution in [2.24, 2.45) is 5.92 Å². The lowest BCUT2D eigenvalue weighted by Gasteiger charge is -2.38. The molecule has 0 unspecified atom stereocenters. The molecule has 0 radical (unpaired) electrons. The number of nitrogens with zero attached hydrogens (tertiary/aromatic N) is 3. The molecule has 1 aromatic rings. The number of benzene rings is 1. The number of fused-ring (bicyclic) bond motifs is 3. The summed E-state index contributed by atoms with van der Waals surface area (Å²) in [5, 5.41) is 9.33. The van der Waals surface area contributed by atoms with Gasteiger partial charge in [0.25, 0.3) is 5.91 Å². The van der Waals surface area contributed by atoms with Gasteiger partial charge in [-0.05, 0) is 31.0 Å². The number of methoxy groups -OCH3 is 2. The van der Waals surface area contributed by atoms with Gasteiger partial charge < -0.3 is 28.7 Å². The van der Waals surface area contributed by atoms with E-state index in [1.54, 1.807) is 45.2 Å². The summed E-state index contributed by atoms with van der Waals surface area (Å²) in [6.07, 6.45) is 1.39. The zero-order valence-corrected chi connectivity index (χ0v) is 20.7. The van der Waals surface area contributed by atoms with Gasteiger partial charge in [0.2, 0.25) is 5.91 Å². The maximum absolute atomic E-state index is 13.3. The molecule has 34 heavy (non-hydrogen) atoms. The second-order valence-electron chi connectivity index (χ2n) is 9.08. The Bertz CT molecular complexity index is 916. The van der Waals surface area contributed by atoms with Crippen molar-refractivity contribution >= 4 is 11.8 Å². The van der Waals surface area contributed by atoms with E-state index in [-0.39, 0.29) is 36.7 Å². The predicted molar refractivity (Wildman–Crippen MR) is 125 cm³/mol. The third-order valence-corrected chi connectivity index (χ3v) is 6.77. The van der Waals surface area contributed by atoms with Crippen LogP contribution in [-0.2, 0) is 19.0 Å². The first-order valence-corrected chi connectivity index (χ1v) is 11.7. The van der Waals surface area contributed by atoms with Gasteiger partial charge in [0.1, 0.15) is 11.9 Å². The molecule has 2 aliphatic rings. The van der Waals surface area contributed by atoms with Crippen molar-refractivity contribution in [2.45, 2.75) is 50.6 Å². The number of ether oxygens (including phenoxy) is 4. The third-order valence-electron chi connectivity index (χ3n) is 6.77. The van der Waals surface area contributed by atoms with E-state index in [4.69, 9.17) is 18.9 Å². The number of carbonyl (C=O) groups is 2. The number of amides is 2. The number of hydrogen-bond acceptors (Lipinski definition) is 7. The van der Waals surface area contributed by atoms with Gasteiger partial charge in [-0.3, -0.25) is 9.59 Å². The van der Waals surface area contributed by atoms with Crippen LogP contribution in [0.4, 0.5) is 0 Å². The van der Waals surface area contributed by atoms with Gasteiger partial charge in [0, 0.05) is 47.8 Å². The molecule has 3 rings (SSSR count). The summed E-state index contributed by atoms with van der Waals surface area (Å²) in [7, 11) is 6.61. The average Bonchev–Trinajstić information content (AvgIpc) is 2.85. The van der Waals surface area contributed by atoms with Crippen LogP contribution in [-0.4, -0.2) is 94.0 Å². The summed E-state index contributed by atoms with van der Waals surface area (Å²) >= 11 is 0. The number of rotatable bonds is 2. The summed E-state index contributed by atoms with van der Waals surface area (Å²) in [5.41, 5.74) is 0.678. The molecule has 0 N–H and O–H groups in total. The lowest BCUT2D eigenvalue weighted by atomic mass is 9.97. The van der Waals surface area contributed by atoms with Gasteiger partial charge in [-0.25, -0.2) is 0 Å². The van der Waals surface area contributed by atoms with Crippen molar-refractivity contribution < 1.29 is 28.5 Å². The summed E-state index contributed by atoms with van der Waals surface area (Å²) in [4.78, 5) is 29.7. The van der Waals surface area contributed by atoms with Gasteiger partial charge in [0.15, 0.2) is 0 Å². The molecule has 0 aromatic heterocycles. The third kappa shape index (κ3) is 5.87. The molecule has 1 aromatic carbocycles. The Balaban J connectivity index is 1.93. The molecule has 186 valence electrons. The minimum absolute atomic E-state index is 0.0443. The first kappa shape index (κ1) is 25.9. The van der Waals surface area contributed by atoms with E-state index in [9.17, 15) is 14.9 Å². The fourth-order valence-corrected chi connectivity index (χ4v) is 4.64. The standard InChI is InChI=1S/C25H35N3O6/c1-16-22(32-5)14-28(3)25(30)19-12-17(13-26)6-8-20(19)33-11-10-18-7-9-21(31-4)23(34-18)15-27(2)24(16)29/h6,8,12,16,18,21-23H,7,9-11,14-15H2,1-5H3/t16-,18+,21-,22-,23-/m1/s1. The van der Waals surface area contributed by atoms with E-state index in [0.29, 0.717) is 36.4 Å². The molecule has 2 amide bonds. The fraction of sp³-hybridized carbons (Fsp3) is 0.640. The molecular weight excluding hydrogens is 438 g/mol. The number of hydrogen-bond donors (Lipinski definition) is 0. The lowest BCUT2D eigenvalue weighted by Crippen LogP contribution is -2.50. The first-order valence-electron chi connectivity index (χ1n) is 11.7. The highest BCUT2D eigenvalue weighted by Gasteiger charge is 2.35. The van der Waals surface area contributed by atoms with Crippen LogP contribution in [0.1, 0.15) is 42.1 Å². The second kappa shape index (κ2) is 11.6. The van der Waals surface area contributed by atoms with E-state index in [2.05, 4.69) is 6.07 Å². The maximum Gasteiger partial charge on any atom is 0.257 e. The number of likely N-dealkylation sites (N-methyl/N-ethyl adjacent to an activating group) is 2. The first-order chi connectivity index (χ1) is 16.3. The summed E-state index contributed by atoms with van der Waals surface area (Å²) < 4.78 is 23.6. The Morgan fingerprint density at radius 3 is 2.44 bits per heavy atom. The van der Waals surface area contributed by atoms with Gasteiger partial charge in [0.05, 0.1) is 48.0 Å². The molecular formula is C25H35N3O6. The minimum Gasteiger partial charge on any atom is -0.493 e. The number of carbonyl (C=O) groups excluding carboxylic acids is 2. The Hall–Kier alpha value is -2.67. The molecule has 1 fully saturated rings. The van der Waals surface area contributed by atoms with Crippen molar-refractivity contribution in [3.8, 4) is 11.8 Å². The van der Waals surface area contributed by atoms with E-state index in [0.717, 1.165) is 12.8 Å². The van der Waals surface area contributed by atoms with Crippen molar-refractivity contribution in [2.75, 3.05) is 48.0 Å². The fourth-order valence-electron chi connectivity index (χ4n) is 4.64. The molecule has 2 aliphatic heterocycles. The van der Waals surface area contributed by atoms with Crippen LogP contribution in [0.5, 0.6) is 5.75 Å². The van der Waals surface area contributed by atoms with Crippen LogP contribution in [0, 0.1) is 17.2 Å². The van der Waals surface area contributed by atoms with Gasteiger partial charge in [-0.1, -0.05) is 6.92 Å². The topological polar surface area (TPSA) is 101 Å². The Kier molecular flexibility index (Phi) is 8.89. The summed E-state index contributed by atoms with van der Waals surface area (Å²) in [6, 6.07) is 6.90. The van der Waals surface area contributed by atoms with Crippen LogP contribution in [0.3, 0.4) is 0 Å². The van der Waals surface area contributed by atoms with E-state index >= 15 is 0 Å². The Morgan fingerprint density at radius 2 is 1.76 bits per heavy atom. The highest BCUT2D eigenvalue weighted by Crippen LogP contribution is 2.27. The van der Waals surface area contributed by atoms with Crippen molar-refractivity contribution in [3.05, 3.63) is 29.3 Å². The van der Waals surface area contributed by atoms with E-state index in [1.165, 1.54) is 18.1 Å². The van der Waals surface area contributed by atoms with Crippen LogP contribution in [0.15, 0.2) is 18.2 Å². The van der Waals surface area contributed by atoms with Crippen LogP contribution >= 0.6 is 0 Å². The zero-order valence-electron chi connectivity index (χ0n) is 20.7. The van der Waals surface area contributed by atoms with Gasteiger partial charge in [-0.2, -0.15) is 5.26 Å². The van der Waals surface area contributed by atoms with Crippen LogP contribution < -0.4 is 4.74 Å². The lowest BCUT2D eigenvalue weighted by molar-refractivity contribution is -0.154. The summed E-state index contributed by atoms with van der Waals surface area (Å²) in [6.45, 7) is 2.77. The maximum atomic E-state index is 13.3. The predicted octanol–water partition coefficient (Wildman–Crippen LogP) is 2.08. The van der Waals surface area contributed by atoms with E-state index < -0.39 is 12.0 Å². The second-order valence-corrected chi connectivity index (χ2v) is 9.08. The van der Waals surface area contributed by atoms with Gasteiger partial charge >= 0.3 is 0 Å². The highest BCUT2D eigenvalue weighted by atomic mass is 16.5. The molecule has 9 nitrogen and oxygen atoms in total. The summed E-state index contributed by atoms with van der Waals surface area (Å²) in [5.74, 6) is -0.454. The Labute approximate surface area is 201 Å². The quantitative estimate of drug-likeness (QED) is 0.648. The molecule has 9 heteroatoms. The highest BCUT2D eigenvalue weighted by molar-refractivity contribution is 5.97. The molecule has 2 heterocycles. The van der Waals surface area contributed by atoms with Crippen LogP contribution in [0.25, 0.3) is 0 Å². The average molecular weight is 474 g/mol. The molecule has 0 saturated carbocycles. The van der Waals surface area contributed by atoms with Crippen molar-refractivity contribution in [1.82, 2.24) is 9.80 Å². The molecule has 0 aliphatic carbocycles. The van der Waals surface area contributed by atoms with Crippen LogP contribution in [0.2, 0.25) is 0 Å². The molecule has 0 spiro atoms. The molecule has 1 saturated heterocycles. The monoisotopic (exact) mass is 473 g/mol. The smallest absolute Gasteiger partial charge is 0.257 e. The van der Waals surface area contributed by atoms with Crippen molar-refractivity contribution in [3.63, 3.8) is 0 Å². The van der Waals surface area contributed by atoms with Crippen molar-refractivity contribution in [1.29, 1.82) is 5.26 Å². The minimum atomic E-state index is -0.515. The largest absolute Gasteiger partial charge is 0.493 e. The molecule has 5 atom stereocenters. The van der Waals surface area contributed by atoms with Gasteiger partial charge in [-0.15, -0.1) is 0 Å². The SMILES string of the molecule is CO[C@@H]1CC[C@H]2CCOc3ccc(C#N)cc3C(=O)N(C)C[C@@H](OC)[C@@H](C)C(=O)N(C)C[C@H]1O2. The normalized spacial score (nSPS) is 29.2. The molecule has 2 bridgehead atoms.